The molecule has 1 heterocycles. The van der Waals surface area contributed by atoms with Gasteiger partial charge in [-0.3, -0.25) is 0 Å². The van der Waals surface area contributed by atoms with Gasteiger partial charge in [-0.2, -0.15) is 0 Å². The van der Waals surface area contributed by atoms with Crippen LogP contribution in [0.5, 0.6) is 0 Å². The van der Waals surface area contributed by atoms with E-state index >= 15 is 0 Å². The topological polar surface area (TPSA) is 25.8 Å². The van der Waals surface area contributed by atoms with Crippen molar-refractivity contribution in [2.75, 3.05) is 0 Å². The fourth-order valence-corrected chi connectivity index (χ4v) is 6.74. The van der Waals surface area contributed by atoms with Crippen LogP contribution in [0.25, 0.3) is 67.3 Å². The highest BCUT2D eigenvalue weighted by Crippen LogP contribution is 2.51. The summed E-state index contributed by atoms with van der Waals surface area (Å²) in [7, 11) is 0. The molecule has 0 spiro atoms. The molecule has 7 aromatic rings. The maximum Gasteiger partial charge on any atom is 0.160 e. The molecule has 0 aliphatic heterocycles. The highest BCUT2D eigenvalue weighted by Gasteiger charge is 2.36. The van der Waals surface area contributed by atoms with Gasteiger partial charge in [0.05, 0.1) is 11.4 Å². The minimum absolute atomic E-state index is 0.00296. The molecule has 0 radical (unpaired) electrons. The van der Waals surface area contributed by atoms with Gasteiger partial charge >= 0.3 is 0 Å². The average molecular weight is 577 g/mol. The molecule has 8 rings (SSSR count). The first-order valence-electron chi connectivity index (χ1n) is 15.5. The van der Waals surface area contributed by atoms with Crippen LogP contribution in [0.15, 0.2) is 158 Å². The second-order valence-corrected chi connectivity index (χ2v) is 12.2. The Balaban J connectivity index is 1.13. The number of benzene rings is 6. The Hall–Kier alpha value is -5.60. The van der Waals surface area contributed by atoms with Gasteiger partial charge < -0.3 is 0 Å². The summed E-state index contributed by atoms with van der Waals surface area (Å²) in [6.07, 6.45) is 0. The molecule has 0 saturated carbocycles. The zero-order valence-electron chi connectivity index (χ0n) is 25.4. The Morgan fingerprint density at radius 2 is 0.844 bits per heavy atom. The molecule has 0 amide bonds. The van der Waals surface area contributed by atoms with E-state index in [1.165, 1.54) is 44.5 Å². The summed E-state index contributed by atoms with van der Waals surface area (Å²) in [6.45, 7) is 4.67. The fourth-order valence-electron chi connectivity index (χ4n) is 6.74. The molecule has 0 N–H and O–H groups in total. The second kappa shape index (κ2) is 10.8. The third-order valence-electron chi connectivity index (χ3n) is 9.15. The number of hydrogen-bond acceptors (Lipinski definition) is 2. The van der Waals surface area contributed by atoms with Gasteiger partial charge in [0.25, 0.3) is 0 Å². The van der Waals surface area contributed by atoms with Crippen LogP contribution in [0.4, 0.5) is 0 Å². The predicted molar refractivity (Wildman–Crippen MR) is 187 cm³/mol. The van der Waals surface area contributed by atoms with Crippen molar-refractivity contribution in [2.24, 2.45) is 0 Å². The molecule has 2 nitrogen and oxygen atoms in total. The average Bonchev–Trinajstić information content (AvgIpc) is 3.35. The lowest BCUT2D eigenvalue weighted by Crippen LogP contribution is -2.14. The smallest absolute Gasteiger partial charge is 0.160 e. The normalized spacial score (nSPS) is 12.8. The summed E-state index contributed by atoms with van der Waals surface area (Å²) in [5.74, 6) is 0.727. The zero-order valence-corrected chi connectivity index (χ0v) is 25.4. The van der Waals surface area contributed by atoms with Gasteiger partial charge in [0.15, 0.2) is 5.82 Å². The summed E-state index contributed by atoms with van der Waals surface area (Å²) in [5.41, 5.74) is 15.4. The van der Waals surface area contributed by atoms with Crippen molar-refractivity contribution < 1.29 is 0 Å². The minimum atomic E-state index is -0.00296. The molecule has 214 valence electrons. The van der Waals surface area contributed by atoms with Crippen LogP contribution >= 0.6 is 0 Å². The van der Waals surface area contributed by atoms with Gasteiger partial charge in [-0.15, -0.1) is 0 Å². The molecule has 6 aromatic carbocycles. The molecule has 0 saturated heterocycles. The van der Waals surface area contributed by atoms with Crippen LogP contribution in [0, 0.1) is 0 Å². The quantitative estimate of drug-likeness (QED) is 0.204. The third-order valence-corrected chi connectivity index (χ3v) is 9.15. The molecule has 1 aliphatic rings. The fraction of sp³-hybridized carbons (Fsp3) is 0.0698. The summed E-state index contributed by atoms with van der Waals surface area (Å²) < 4.78 is 0. The molecular weight excluding hydrogens is 544 g/mol. The Labute approximate surface area is 264 Å². The number of fused-ring (bicyclic) bond motifs is 3. The number of nitrogens with zero attached hydrogens (tertiary/aromatic N) is 2. The molecule has 45 heavy (non-hydrogen) atoms. The minimum Gasteiger partial charge on any atom is -0.228 e. The first-order valence-corrected chi connectivity index (χ1v) is 15.5. The van der Waals surface area contributed by atoms with Crippen LogP contribution in [0.3, 0.4) is 0 Å². The molecule has 0 atom stereocenters. The lowest BCUT2D eigenvalue weighted by atomic mass is 9.82. The van der Waals surface area contributed by atoms with E-state index in [1.807, 2.05) is 36.4 Å². The van der Waals surface area contributed by atoms with E-state index in [0.717, 1.165) is 33.9 Å². The van der Waals surface area contributed by atoms with Crippen molar-refractivity contribution in [3.63, 3.8) is 0 Å². The monoisotopic (exact) mass is 576 g/mol. The van der Waals surface area contributed by atoms with Crippen molar-refractivity contribution in [3.8, 4) is 67.3 Å². The van der Waals surface area contributed by atoms with Gasteiger partial charge in [0.1, 0.15) is 0 Å². The molecule has 1 aliphatic carbocycles. The van der Waals surface area contributed by atoms with Crippen LogP contribution in [0.1, 0.15) is 25.0 Å². The molecule has 2 heteroatoms. The highest BCUT2D eigenvalue weighted by molar-refractivity contribution is 5.92. The van der Waals surface area contributed by atoms with Crippen LogP contribution in [-0.2, 0) is 5.41 Å². The van der Waals surface area contributed by atoms with E-state index in [-0.39, 0.29) is 5.41 Å². The first-order chi connectivity index (χ1) is 22.1. The Morgan fingerprint density at radius 3 is 1.49 bits per heavy atom. The van der Waals surface area contributed by atoms with Crippen molar-refractivity contribution in [2.45, 2.75) is 19.3 Å². The molecular formula is C43H32N2. The van der Waals surface area contributed by atoms with Gasteiger partial charge in [-0.25, -0.2) is 9.97 Å². The Kier molecular flexibility index (Phi) is 6.50. The van der Waals surface area contributed by atoms with Gasteiger partial charge in [0.2, 0.25) is 0 Å². The van der Waals surface area contributed by atoms with Crippen molar-refractivity contribution in [1.29, 1.82) is 0 Å². The Bertz CT molecular complexity index is 2090. The lowest BCUT2D eigenvalue weighted by Gasteiger charge is -2.21. The molecule has 0 bridgehead atoms. The van der Waals surface area contributed by atoms with Crippen LogP contribution in [-0.4, -0.2) is 9.97 Å². The first kappa shape index (κ1) is 27.0. The number of hydrogen-bond donors (Lipinski definition) is 0. The van der Waals surface area contributed by atoms with E-state index < -0.39 is 0 Å². The van der Waals surface area contributed by atoms with E-state index in [1.54, 1.807) is 0 Å². The zero-order chi connectivity index (χ0) is 30.4. The van der Waals surface area contributed by atoms with E-state index in [0.29, 0.717) is 0 Å². The summed E-state index contributed by atoms with van der Waals surface area (Å²) in [5, 5.41) is 0. The lowest BCUT2D eigenvalue weighted by molar-refractivity contribution is 0.660. The largest absolute Gasteiger partial charge is 0.228 e. The molecule has 1 aromatic heterocycles. The van der Waals surface area contributed by atoms with Gasteiger partial charge in [-0.05, 0) is 50.6 Å². The van der Waals surface area contributed by atoms with Crippen molar-refractivity contribution in [1.82, 2.24) is 9.97 Å². The maximum atomic E-state index is 4.99. The summed E-state index contributed by atoms with van der Waals surface area (Å²) >= 11 is 0. The second-order valence-electron chi connectivity index (χ2n) is 12.2. The van der Waals surface area contributed by atoms with E-state index in [2.05, 4.69) is 135 Å². The molecule has 0 unspecified atom stereocenters. The third kappa shape index (κ3) is 4.76. The standard InChI is InChI=1S/C43H32N2/c1-43(2)37-18-10-9-16-36(37)41-35(17-11-19-38(41)43)31-24-20-29(21-25-31)30-22-26-33(27-23-30)40-28-39(32-12-5-3-6-13-32)44-42(45-40)34-14-7-4-8-15-34/h3-28H,1-2H3. The number of rotatable bonds is 5. The maximum absolute atomic E-state index is 4.99. The van der Waals surface area contributed by atoms with Crippen molar-refractivity contribution >= 4 is 0 Å². The van der Waals surface area contributed by atoms with Crippen LogP contribution in [0.2, 0.25) is 0 Å². The van der Waals surface area contributed by atoms with Crippen molar-refractivity contribution in [3.05, 3.63) is 169 Å². The number of aromatic nitrogens is 2. The molecule has 0 fully saturated rings. The summed E-state index contributed by atoms with van der Waals surface area (Å²) in [4.78, 5) is 9.92. The van der Waals surface area contributed by atoms with Gasteiger partial charge in [0, 0.05) is 22.1 Å². The van der Waals surface area contributed by atoms with E-state index in [9.17, 15) is 0 Å². The van der Waals surface area contributed by atoms with E-state index in [4.69, 9.17) is 9.97 Å². The van der Waals surface area contributed by atoms with Gasteiger partial charge in [-0.1, -0.05) is 166 Å². The van der Waals surface area contributed by atoms with Crippen LogP contribution < -0.4 is 0 Å². The highest BCUT2D eigenvalue weighted by atomic mass is 14.9. The predicted octanol–water partition coefficient (Wildman–Crippen LogP) is 11.1. The Morgan fingerprint density at radius 1 is 0.378 bits per heavy atom. The SMILES string of the molecule is CC1(C)c2ccccc2-c2c(-c3ccc(-c4ccc(-c5cc(-c6ccccc6)nc(-c6ccccc6)n5)cc4)cc3)cccc21. The summed E-state index contributed by atoms with van der Waals surface area (Å²) in [6, 6.07) is 55.9.